The van der Waals surface area contributed by atoms with Gasteiger partial charge in [0, 0.05) is 16.8 Å². The largest absolute Gasteiger partial charge is 0.382 e. The van der Waals surface area contributed by atoms with Crippen molar-refractivity contribution in [2.45, 2.75) is 46.1 Å². The number of nitrogens with one attached hydrogen (secondary N) is 1. The molecule has 2 atom stereocenters. The molecule has 3 heteroatoms. The predicted octanol–water partition coefficient (Wildman–Crippen LogP) is 5.11. The van der Waals surface area contributed by atoms with Crippen molar-refractivity contribution < 1.29 is 4.39 Å². The maximum Gasteiger partial charge on any atom is 0.126 e. The molecule has 1 aromatic carbocycles. The lowest BCUT2D eigenvalue weighted by Gasteiger charge is -2.40. The molecule has 1 nitrogen and oxygen atoms in total. The van der Waals surface area contributed by atoms with Gasteiger partial charge in [0.15, 0.2) is 0 Å². The second-order valence-corrected chi connectivity index (χ2v) is 6.73. The van der Waals surface area contributed by atoms with Gasteiger partial charge in [-0.25, -0.2) is 4.39 Å². The van der Waals surface area contributed by atoms with Gasteiger partial charge in [0.05, 0.1) is 0 Å². The van der Waals surface area contributed by atoms with Crippen molar-refractivity contribution in [3.8, 4) is 0 Å². The van der Waals surface area contributed by atoms with Crippen LogP contribution in [0.2, 0.25) is 5.02 Å². The second kappa shape index (κ2) is 5.08. The maximum atomic E-state index is 13.3. The summed E-state index contributed by atoms with van der Waals surface area (Å²) in [6.45, 7) is 6.90. The molecule has 1 aliphatic carbocycles. The van der Waals surface area contributed by atoms with Crippen LogP contribution in [-0.4, -0.2) is 6.04 Å². The summed E-state index contributed by atoms with van der Waals surface area (Å²) in [6, 6.07) is 5.05. The van der Waals surface area contributed by atoms with Gasteiger partial charge < -0.3 is 5.32 Å². The van der Waals surface area contributed by atoms with E-state index in [1.165, 1.54) is 25.0 Å². The minimum absolute atomic E-state index is 0.284. The highest BCUT2D eigenvalue weighted by Crippen LogP contribution is 2.39. The summed E-state index contributed by atoms with van der Waals surface area (Å²) in [6.07, 6.45) is 3.54. The Balaban J connectivity index is 2.05. The molecule has 0 spiro atoms. The Morgan fingerprint density at radius 3 is 2.67 bits per heavy atom. The molecule has 1 N–H and O–H groups in total. The lowest BCUT2D eigenvalue weighted by atomic mass is 9.70. The molecule has 18 heavy (non-hydrogen) atoms. The topological polar surface area (TPSA) is 12.0 Å². The molecule has 2 rings (SSSR count). The van der Waals surface area contributed by atoms with Crippen LogP contribution >= 0.6 is 11.6 Å². The fourth-order valence-corrected chi connectivity index (χ4v) is 3.23. The fraction of sp³-hybridized carbons (Fsp3) is 0.600. The summed E-state index contributed by atoms with van der Waals surface area (Å²) in [5, 5.41) is 3.87. The van der Waals surface area contributed by atoms with E-state index in [-0.39, 0.29) is 5.82 Å². The number of hydrogen-bond acceptors (Lipinski definition) is 1. The smallest absolute Gasteiger partial charge is 0.126 e. The van der Waals surface area contributed by atoms with E-state index in [2.05, 4.69) is 26.1 Å². The zero-order valence-corrected chi connectivity index (χ0v) is 12.0. The molecule has 0 heterocycles. The zero-order valence-electron chi connectivity index (χ0n) is 11.3. The summed E-state index contributed by atoms with van der Waals surface area (Å²) in [5.74, 6) is 0.310. The average Bonchev–Trinajstić information content (AvgIpc) is 2.20. The minimum atomic E-state index is -0.284. The lowest BCUT2D eigenvalue weighted by Crippen LogP contribution is -2.36. The first-order chi connectivity index (χ1) is 8.35. The Morgan fingerprint density at radius 1 is 1.33 bits per heavy atom. The quantitative estimate of drug-likeness (QED) is 0.787. The molecule has 1 aliphatic rings. The van der Waals surface area contributed by atoms with Crippen LogP contribution in [0.25, 0.3) is 0 Å². The van der Waals surface area contributed by atoms with Crippen LogP contribution in [0.5, 0.6) is 0 Å². The molecule has 2 unspecified atom stereocenters. The zero-order chi connectivity index (χ0) is 13.3. The van der Waals surface area contributed by atoms with Gasteiger partial charge in [-0.15, -0.1) is 0 Å². The molecule has 1 fully saturated rings. The molecule has 0 aliphatic heterocycles. The normalized spacial score (nSPS) is 26.9. The third-order valence-electron chi connectivity index (χ3n) is 3.91. The van der Waals surface area contributed by atoms with E-state index >= 15 is 0 Å². The van der Waals surface area contributed by atoms with Gasteiger partial charge in [0.1, 0.15) is 5.82 Å². The Morgan fingerprint density at radius 2 is 2.06 bits per heavy atom. The van der Waals surface area contributed by atoms with E-state index < -0.39 is 0 Å². The number of rotatable bonds is 2. The molecule has 0 radical (unpaired) electrons. The average molecular weight is 270 g/mol. The molecular weight excluding hydrogens is 249 g/mol. The van der Waals surface area contributed by atoms with Gasteiger partial charge in [-0.2, -0.15) is 0 Å². The Kier molecular flexibility index (Phi) is 3.86. The van der Waals surface area contributed by atoms with Crippen LogP contribution in [0.3, 0.4) is 0 Å². The van der Waals surface area contributed by atoms with Crippen molar-refractivity contribution in [2.75, 3.05) is 5.32 Å². The lowest BCUT2D eigenvalue weighted by molar-refractivity contribution is 0.177. The molecule has 1 aromatic rings. The molecule has 0 aromatic heterocycles. The van der Waals surface area contributed by atoms with Crippen LogP contribution in [0.1, 0.15) is 40.0 Å². The van der Waals surface area contributed by atoms with Gasteiger partial charge in [-0.05, 0) is 48.8 Å². The van der Waals surface area contributed by atoms with Crippen molar-refractivity contribution in [3.63, 3.8) is 0 Å². The van der Waals surface area contributed by atoms with Crippen molar-refractivity contribution in [1.82, 2.24) is 0 Å². The Labute approximate surface area is 114 Å². The van der Waals surface area contributed by atoms with E-state index in [4.69, 9.17) is 11.6 Å². The maximum absolute atomic E-state index is 13.3. The van der Waals surface area contributed by atoms with Crippen molar-refractivity contribution >= 4 is 17.3 Å². The standard InChI is InChI=1S/C15H21ClFN/c1-10-9-15(2,3)5-4-14(10)18-13-7-11(16)6-12(17)8-13/h6-8,10,14,18H,4-5,9H2,1-3H3. The molecular formula is C15H21ClFN. The number of hydrogen-bond donors (Lipinski definition) is 1. The van der Waals surface area contributed by atoms with E-state index in [1.807, 2.05) is 0 Å². The molecule has 0 bridgehead atoms. The van der Waals surface area contributed by atoms with E-state index in [0.717, 1.165) is 12.1 Å². The Bertz CT molecular complexity index is 410. The Hall–Kier alpha value is -0.760. The van der Waals surface area contributed by atoms with Crippen LogP contribution in [0.15, 0.2) is 18.2 Å². The molecule has 0 amide bonds. The third kappa shape index (κ3) is 3.38. The SMILES string of the molecule is CC1CC(C)(C)CCC1Nc1cc(F)cc(Cl)c1. The molecule has 100 valence electrons. The second-order valence-electron chi connectivity index (χ2n) is 6.29. The number of halogens is 2. The summed E-state index contributed by atoms with van der Waals surface area (Å²) in [4.78, 5) is 0. The molecule has 0 saturated heterocycles. The third-order valence-corrected chi connectivity index (χ3v) is 4.13. The van der Waals surface area contributed by atoms with Crippen LogP contribution in [0, 0.1) is 17.2 Å². The fourth-order valence-electron chi connectivity index (χ4n) is 3.01. The predicted molar refractivity (Wildman–Crippen MR) is 75.6 cm³/mol. The summed E-state index contributed by atoms with van der Waals surface area (Å²) >= 11 is 5.87. The van der Waals surface area contributed by atoms with Crippen molar-refractivity contribution in [2.24, 2.45) is 11.3 Å². The van der Waals surface area contributed by atoms with E-state index in [1.54, 1.807) is 6.07 Å². The van der Waals surface area contributed by atoms with Gasteiger partial charge in [-0.1, -0.05) is 32.4 Å². The first-order valence-electron chi connectivity index (χ1n) is 6.58. The highest BCUT2D eigenvalue weighted by Gasteiger charge is 2.32. The highest BCUT2D eigenvalue weighted by molar-refractivity contribution is 6.30. The summed E-state index contributed by atoms with van der Waals surface area (Å²) in [7, 11) is 0. The summed E-state index contributed by atoms with van der Waals surface area (Å²) < 4.78 is 13.3. The summed E-state index contributed by atoms with van der Waals surface area (Å²) in [5.41, 5.74) is 1.22. The van der Waals surface area contributed by atoms with Gasteiger partial charge in [0.25, 0.3) is 0 Å². The van der Waals surface area contributed by atoms with E-state index in [9.17, 15) is 4.39 Å². The monoisotopic (exact) mass is 269 g/mol. The molecule has 1 saturated carbocycles. The van der Waals surface area contributed by atoms with Crippen LogP contribution < -0.4 is 5.32 Å². The van der Waals surface area contributed by atoms with Gasteiger partial charge in [0.2, 0.25) is 0 Å². The van der Waals surface area contributed by atoms with Crippen LogP contribution in [-0.2, 0) is 0 Å². The van der Waals surface area contributed by atoms with E-state index in [0.29, 0.717) is 22.4 Å². The first-order valence-corrected chi connectivity index (χ1v) is 6.96. The minimum Gasteiger partial charge on any atom is -0.382 e. The highest BCUT2D eigenvalue weighted by atomic mass is 35.5. The van der Waals surface area contributed by atoms with Crippen molar-refractivity contribution in [3.05, 3.63) is 29.0 Å². The van der Waals surface area contributed by atoms with Crippen molar-refractivity contribution in [1.29, 1.82) is 0 Å². The van der Waals surface area contributed by atoms with Gasteiger partial charge in [-0.3, -0.25) is 0 Å². The van der Waals surface area contributed by atoms with Crippen LogP contribution in [0.4, 0.5) is 10.1 Å². The van der Waals surface area contributed by atoms with Gasteiger partial charge >= 0.3 is 0 Å². The number of anilines is 1. The number of benzene rings is 1. The first kappa shape index (κ1) is 13.7.